The highest BCUT2D eigenvalue weighted by Gasteiger charge is 2.30. The molecule has 37 heavy (non-hydrogen) atoms. The van der Waals surface area contributed by atoms with Crippen LogP contribution >= 0.6 is 11.3 Å². The predicted octanol–water partition coefficient (Wildman–Crippen LogP) is 5.19. The molecule has 0 amide bonds. The Morgan fingerprint density at radius 2 is 1.89 bits per heavy atom. The van der Waals surface area contributed by atoms with E-state index in [2.05, 4.69) is 46.7 Å². The lowest BCUT2D eigenvalue weighted by atomic mass is 10.1. The van der Waals surface area contributed by atoms with Gasteiger partial charge < -0.3 is 9.64 Å². The first-order chi connectivity index (χ1) is 17.9. The van der Waals surface area contributed by atoms with Gasteiger partial charge in [-0.1, -0.05) is 6.92 Å². The average Bonchev–Trinajstić information content (AvgIpc) is 3.48. The van der Waals surface area contributed by atoms with Crippen molar-refractivity contribution in [2.24, 2.45) is 0 Å². The average molecular weight is 523 g/mol. The summed E-state index contributed by atoms with van der Waals surface area (Å²) in [6.07, 6.45) is 2.11. The van der Waals surface area contributed by atoms with Crippen molar-refractivity contribution in [3.8, 4) is 32.7 Å². The molecule has 10 heteroatoms. The summed E-state index contributed by atoms with van der Waals surface area (Å²) in [4.78, 5) is 16.2. The summed E-state index contributed by atoms with van der Waals surface area (Å²) in [7, 11) is 0. The Morgan fingerprint density at radius 1 is 1.08 bits per heavy atom. The Labute approximate surface area is 218 Å². The molecule has 0 N–H and O–H groups in total. The Bertz CT molecular complexity index is 1440. The highest BCUT2D eigenvalue weighted by atomic mass is 32.1. The lowest BCUT2D eigenvalue weighted by molar-refractivity contribution is 0.139. The number of hydrogen-bond acceptors (Lipinski definition) is 7. The second kappa shape index (κ2) is 9.50. The first-order valence-corrected chi connectivity index (χ1v) is 13.4. The number of pyridine rings is 1. The van der Waals surface area contributed by atoms with Crippen molar-refractivity contribution in [1.82, 2.24) is 24.6 Å². The molecule has 5 heterocycles. The van der Waals surface area contributed by atoms with Crippen LogP contribution in [-0.2, 0) is 6.42 Å². The summed E-state index contributed by atoms with van der Waals surface area (Å²) in [6, 6.07) is 10.4. The van der Waals surface area contributed by atoms with Crippen LogP contribution in [0.15, 0.2) is 42.7 Å². The highest BCUT2D eigenvalue weighted by molar-refractivity contribution is 7.19. The molecule has 0 spiro atoms. The van der Waals surface area contributed by atoms with Gasteiger partial charge in [-0.2, -0.15) is 5.10 Å². The van der Waals surface area contributed by atoms with Crippen molar-refractivity contribution in [2.75, 3.05) is 31.1 Å². The van der Waals surface area contributed by atoms with Gasteiger partial charge in [0.25, 0.3) is 0 Å². The Morgan fingerprint density at radius 3 is 2.65 bits per heavy atom. The van der Waals surface area contributed by atoms with E-state index >= 15 is 0 Å². The Hall–Kier alpha value is -3.37. The van der Waals surface area contributed by atoms with Crippen LogP contribution in [-0.4, -0.2) is 63.0 Å². The number of ether oxygens (including phenoxy) is 1. The number of piperazine rings is 1. The fourth-order valence-electron chi connectivity index (χ4n) is 5.49. The van der Waals surface area contributed by atoms with E-state index < -0.39 is 11.6 Å². The molecule has 2 aliphatic rings. The summed E-state index contributed by atoms with van der Waals surface area (Å²) >= 11 is 1.54. The van der Waals surface area contributed by atoms with Crippen molar-refractivity contribution >= 4 is 17.2 Å². The zero-order valence-electron chi connectivity index (χ0n) is 21.0. The van der Waals surface area contributed by atoms with E-state index in [0.717, 1.165) is 64.7 Å². The van der Waals surface area contributed by atoms with Crippen LogP contribution in [0.25, 0.3) is 27.0 Å². The molecule has 192 valence electrons. The van der Waals surface area contributed by atoms with E-state index in [1.54, 1.807) is 0 Å². The third-order valence-electron chi connectivity index (χ3n) is 7.19. The van der Waals surface area contributed by atoms with Gasteiger partial charge in [0.15, 0.2) is 11.6 Å². The highest BCUT2D eigenvalue weighted by Crippen LogP contribution is 2.43. The summed E-state index contributed by atoms with van der Waals surface area (Å²) in [5, 5.41) is 4.22. The predicted molar refractivity (Wildman–Crippen MR) is 141 cm³/mol. The minimum atomic E-state index is -0.693. The molecular weight excluding hydrogens is 494 g/mol. The molecule has 1 saturated heterocycles. The van der Waals surface area contributed by atoms with Gasteiger partial charge in [-0.3, -0.25) is 4.90 Å². The van der Waals surface area contributed by atoms with Crippen LogP contribution in [0.4, 0.5) is 14.6 Å². The largest absolute Gasteiger partial charge is 0.491 e. The van der Waals surface area contributed by atoms with E-state index in [-0.39, 0.29) is 5.69 Å². The minimum Gasteiger partial charge on any atom is -0.491 e. The lowest BCUT2D eigenvalue weighted by Gasteiger charge is -2.44. The van der Waals surface area contributed by atoms with Gasteiger partial charge in [0.05, 0.1) is 16.4 Å². The van der Waals surface area contributed by atoms with Gasteiger partial charge in [-0.15, -0.1) is 11.3 Å². The van der Waals surface area contributed by atoms with E-state index in [4.69, 9.17) is 9.72 Å². The number of hydrogen-bond donors (Lipinski definition) is 0. The standard InChI is InChI=1S/C27H28F2N6OS/c1-4-34-16(2)13-33(14-17(34)3)24-8-7-22-25(32-24)26-18(9-10-36-22)11-23(37-26)27-30-15-31-35(27)21-6-5-19(28)12-20(21)29/h5-8,11-12,15-17H,4,9-10,13-14H2,1-3H3. The molecule has 0 bridgehead atoms. The molecule has 2 atom stereocenters. The van der Waals surface area contributed by atoms with Gasteiger partial charge in [0, 0.05) is 37.7 Å². The summed E-state index contributed by atoms with van der Waals surface area (Å²) in [5.74, 6) is 0.873. The number of anilines is 1. The van der Waals surface area contributed by atoms with Gasteiger partial charge >= 0.3 is 0 Å². The summed E-state index contributed by atoms with van der Waals surface area (Å²) in [5.41, 5.74) is 2.07. The SMILES string of the molecule is CCN1C(C)CN(c2ccc3c(n2)-c2sc(-c4ncnn4-c4ccc(F)cc4F)cc2CCO3)CC1C. The fourth-order valence-corrected chi connectivity index (χ4v) is 6.68. The van der Waals surface area contributed by atoms with Gasteiger partial charge in [-0.05, 0) is 56.3 Å². The number of likely N-dealkylation sites (N-methyl/N-ethyl adjacent to an activating group) is 1. The van der Waals surface area contributed by atoms with E-state index in [0.29, 0.717) is 24.5 Å². The topological polar surface area (TPSA) is 59.3 Å². The molecule has 0 aliphatic carbocycles. The van der Waals surface area contributed by atoms with E-state index in [1.807, 2.05) is 12.1 Å². The third kappa shape index (κ3) is 4.27. The Kier molecular flexibility index (Phi) is 6.16. The first-order valence-electron chi connectivity index (χ1n) is 12.6. The van der Waals surface area contributed by atoms with Crippen LogP contribution < -0.4 is 9.64 Å². The molecule has 1 fully saturated rings. The molecule has 1 aromatic carbocycles. The van der Waals surface area contributed by atoms with Crippen molar-refractivity contribution in [2.45, 2.75) is 39.3 Å². The second-order valence-corrected chi connectivity index (χ2v) is 10.7. The number of halogens is 2. The molecule has 7 nitrogen and oxygen atoms in total. The maximum absolute atomic E-state index is 14.6. The zero-order chi connectivity index (χ0) is 25.7. The minimum absolute atomic E-state index is 0.149. The molecule has 4 aromatic rings. The van der Waals surface area contributed by atoms with Crippen LogP contribution in [0.1, 0.15) is 26.3 Å². The van der Waals surface area contributed by atoms with Crippen molar-refractivity contribution in [3.05, 3.63) is 59.9 Å². The third-order valence-corrected chi connectivity index (χ3v) is 8.37. The number of rotatable bonds is 4. The van der Waals surface area contributed by atoms with Gasteiger partial charge in [-0.25, -0.2) is 23.4 Å². The number of benzene rings is 1. The number of thiophene rings is 1. The normalized spacial score (nSPS) is 19.8. The summed E-state index contributed by atoms with van der Waals surface area (Å²) < 4.78 is 35.5. The van der Waals surface area contributed by atoms with Crippen LogP contribution in [0.3, 0.4) is 0 Å². The van der Waals surface area contributed by atoms with Crippen LogP contribution in [0.5, 0.6) is 5.75 Å². The number of nitrogens with zero attached hydrogens (tertiary/aromatic N) is 6. The molecule has 0 radical (unpaired) electrons. The maximum Gasteiger partial charge on any atom is 0.173 e. The van der Waals surface area contributed by atoms with E-state index in [9.17, 15) is 8.78 Å². The zero-order valence-corrected chi connectivity index (χ0v) is 21.8. The number of aromatic nitrogens is 4. The summed E-state index contributed by atoms with van der Waals surface area (Å²) in [6.45, 7) is 10.2. The fraction of sp³-hybridized carbons (Fsp3) is 0.370. The quantitative estimate of drug-likeness (QED) is 0.368. The molecule has 0 saturated carbocycles. The van der Waals surface area contributed by atoms with Crippen molar-refractivity contribution in [3.63, 3.8) is 0 Å². The number of fused-ring (bicyclic) bond motifs is 3. The van der Waals surface area contributed by atoms with E-state index in [1.165, 1.54) is 34.5 Å². The van der Waals surface area contributed by atoms with Crippen molar-refractivity contribution in [1.29, 1.82) is 0 Å². The first kappa shape index (κ1) is 24.0. The van der Waals surface area contributed by atoms with Gasteiger partial charge in [0.1, 0.15) is 35.1 Å². The lowest BCUT2D eigenvalue weighted by Crippen LogP contribution is -2.56. The molecule has 6 rings (SSSR count). The smallest absolute Gasteiger partial charge is 0.173 e. The monoisotopic (exact) mass is 522 g/mol. The maximum atomic E-state index is 14.6. The van der Waals surface area contributed by atoms with Gasteiger partial charge in [0.2, 0.25) is 0 Å². The molecule has 2 unspecified atom stereocenters. The molecular formula is C27H28F2N6OS. The van der Waals surface area contributed by atoms with Crippen LogP contribution in [0.2, 0.25) is 0 Å². The van der Waals surface area contributed by atoms with Crippen LogP contribution in [0, 0.1) is 11.6 Å². The second-order valence-electron chi connectivity index (χ2n) is 9.60. The Balaban J connectivity index is 1.38. The molecule has 3 aromatic heterocycles. The molecule has 2 aliphatic heterocycles. The van der Waals surface area contributed by atoms with Crippen molar-refractivity contribution < 1.29 is 13.5 Å².